The summed E-state index contributed by atoms with van der Waals surface area (Å²) in [5.74, 6) is 0. The molecule has 0 N–H and O–H groups in total. The largest absolute Gasteiger partial charge is 0.310 e. The minimum atomic E-state index is -1.41. The molecule has 340 valence electrons. The molecule has 0 atom stereocenters. The minimum absolute atomic E-state index is 1.11. The van der Waals surface area contributed by atoms with Crippen LogP contribution in [0.5, 0.6) is 0 Å². The van der Waals surface area contributed by atoms with Crippen LogP contribution in [0.2, 0.25) is 0 Å². The van der Waals surface area contributed by atoms with Crippen LogP contribution in [0.1, 0.15) is 23.6 Å². The van der Waals surface area contributed by atoms with Crippen molar-refractivity contribution in [1.82, 2.24) is 0 Å². The lowest BCUT2D eigenvalue weighted by Crippen LogP contribution is -2.17. The highest BCUT2D eigenvalue weighted by Crippen LogP contribution is 2.68. The van der Waals surface area contributed by atoms with E-state index in [1.807, 2.05) is 0 Å². The van der Waals surface area contributed by atoms with Crippen molar-refractivity contribution in [1.29, 1.82) is 0 Å². The van der Waals surface area contributed by atoms with E-state index in [4.69, 9.17) is 0 Å². The molecule has 0 saturated carbocycles. The minimum Gasteiger partial charge on any atom is -0.310 e. The standard InChI is InChI=1S/C68H52N2S/c1-45(47-18-6-5-7-19-47)38-61-46(2)67(69(56-34-30-48-20-8-12-24-52(48)39-56)57-35-31-49-21-9-13-25-53(49)40-57)63-43-62-60-28-16-17-29-65(60)71(3,4)66(62)44-64(63)68(61)70(58-36-32-50-22-10-14-26-54(50)41-58)59-37-33-51-23-11-15-27-55(51)42-59/h5-44H,1-4H3. The fourth-order valence-electron chi connectivity index (χ4n) is 11.3. The van der Waals surface area contributed by atoms with E-state index in [1.165, 1.54) is 103 Å². The molecule has 0 fully saturated rings. The van der Waals surface area contributed by atoms with E-state index in [2.05, 4.69) is 279 Å². The zero-order valence-electron chi connectivity index (χ0n) is 40.4. The quantitative estimate of drug-likeness (QED) is 0.140. The number of rotatable bonds is 8. The molecule has 0 radical (unpaired) electrons. The molecule has 71 heavy (non-hydrogen) atoms. The van der Waals surface area contributed by atoms with E-state index < -0.39 is 10.0 Å². The number of nitrogens with zero attached hydrogens (tertiary/aromatic N) is 2. The van der Waals surface area contributed by atoms with Crippen LogP contribution < -0.4 is 9.80 Å². The van der Waals surface area contributed by atoms with Crippen molar-refractivity contribution in [3.8, 4) is 11.1 Å². The molecule has 3 heteroatoms. The first kappa shape index (κ1) is 42.7. The van der Waals surface area contributed by atoms with Gasteiger partial charge in [-0.15, -0.1) is 0 Å². The summed E-state index contributed by atoms with van der Waals surface area (Å²) in [5.41, 5.74) is 14.2. The fraction of sp³-hybridized carbons (Fsp3) is 0.0588. The van der Waals surface area contributed by atoms with Gasteiger partial charge in [0.2, 0.25) is 0 Å². The van der Waals surface area contributed by atoms with Gasteiger partial charge < -0.3 is 9.80 Å². The maximum absolute atomic E-state index is 2.60. The molecule has 1 aliphatic rings. The fourth-order valence-corrected chi connectivity index (χ4v) is 13.8. The summed E-state index contributed by atoms with van der Waals surface area (Å²) in [6.07, 6.45) is 7.44. The van der Waals surface area contributed by atoms with Gasteiger partial charge in [0.05, 0.1) is 11.4 Å². The van der Waals surface area contributed by atoms with Gasteiger partial charge in [-0.3, -0.25) is 0 Å². The molecular weight excluding hydrogens is 877 g/mol. The molecule has 0 unspecified atom stereocenters. The molecule has 1 heterocycles. The number of hydrogen-bond donors (Lipinski definition) is 0. The van der Waals surface area contributed by atoms with E-state index in [0.29, 0.717) is 0 Å². The van der Waals surface area contributed by atoms with Crippen LogP contribution in [-0.4, -0.2) is 12.5 Å². The predicted octanol–water partition coefficient (Wildman–Crippen LogP) is 19.7. The van der Waals surface area contributed by atoms with Crippen molar-refractivity contribution in [2.75, 3.05) is 22.3 Å². The van der Waals surface area contributed by atoms with Crippen LogP contribution in [0.3, 0.4) is 0 Å². The van der Waals surface area contributed by atoms with Crippen LogP contribution >= 0.6 is 10.0 Å². The molecule has 12 aromatic rings. The molecule has 0 aliphatic carbocycles. The Morgan fingerprint density at radius 3 is 1.24 bits per heavy atom. The first-order chi connectivity index (χ1) is 34.8. The van der Waals surface area contributed by atoms with Crippen molar-refractivity contribution in [3.63, 3.8) is 0 Å². The topological polar surface area (TPSA) is 6.48 Å². The average molecular weight is 929 g/mol. The van der Waals surface area contributed by atoms with Gasteiger partial charge in [0.15, 0.2) is 0 Å². The second-order valence-electron chi connectivity index (χ2n) is 19.4. The molecule has 0 spiro atoms. The number of allylic oxidation sites excluding steroid dienone is 1. The zero-order chi connectivity index (χ0) is 47.8. The maximum atomic E-state index is 2.60. The Hall–Kier alpha value is -8.37. The third-order valence-corrected chi connectivity index (χ3v) is 17.8. The Bertz CT molecular complexity index is 3970. The van der Waals surface area contributed by atoms with Crippen LogP contribution in [-0.2, 0) is 0 Å². The van der Waals surface area contributed by atoms with Gasteiger partial charge in [0.25, 0.3) is 0 Å². The van der Waals surface area contributed by atoms with Gasteiger partial charge in [-0.1, -0.05) is 170 Å². The van der Waals surface area contributed by atoms with E-state index in [-0.39, 0.29) is 0 Å². The van der Waals surface area contributed by atoms with Crippen LogP contribution in [0.25, 0.3) is 76.6 Å². The monoisotopic (exact) mass is 928 g/mol. The third-order valence-electron chi connectivity index (χ3n) is 14.9. The lowest BCUT2D eigenvalue weighted by molar-refractivity contribution is 1.24. The predicted molar refractivity (Wildman–Crippen MR) is 309 cm³/mol. The van der Waals surface area contributed by atoms with Gasteiger partial charge in [-0.2, -0.15) is 10.0 Å². The van der Waals surface area contributed by atoms with Crippen LogP contribution in [0.4, 0.5) is 34.1 Å². The molecule has 0 amide bonds. The van der Waals surface area contributed by atoms with Gasteiger partial charge in [0, 0.05) is 48.9 Å². The summed E-state index contributed by atoms with van der Waals surface area (Å²) in [6, 6.07) is 88.0. The highest BCUT2D eigenvalue weighted by Gasteiger charge is 2.35. The normalized spacial score (nSPS) is 13.4. The summed E-state index contributed by atoms with van der Waals surface area (Å²) < 4.78 is 0. The zero-order valence-corrected chi connectivity index (χ0v) is 41.2. The van der Waals surface area contributed by atoms with Crippen molar-refractivity contribution in [2.24, 2.45) is 0 Å². The molecule has 1 aliphatic heterocycles. The van der Waals surface area contributed by atoms with Gasteiger partial charge in [-0.05, 0) is 170 Å². The summed E-state index contributed by atoms with van der Waals surface area (Å²) >= 11 is 0. The van der Waals surface area contributed by atoms with Crippen LogP contribution in [0.15, 0.2) is 246 Å². The Morgan fingerprint density at radius 2 is 0.761 bits per heavy atom. The summed E-state index contributed by atoms with van der Waals surface area (Å²) in [6.45, 7) is 4.64. The van der Waals surface area contributed by atoms with Crippen molar-refractivity contribution < 1.29 is 0 Å². The molecule has 2 nitrogen and oxygen atoms in total. The first-order valence-corrected chi connectivity index (χ1v) is 27.0. The maximum Gasteiger partial charge on any atom is 0.0617 e. The summed E-state index contributed by atoms with van der Waals surface area (Å²) in [5, 5.41) is 12.1. The van der Waals surface area contributed by atoms with Crippen molar-refractivity contribution >= 4 is 110 Å². The number of hydrogen-bond acceptors (Lipinski definition) is 2. The van der Waals surface area contributed by atoms with Gasteiger partial charge >= 0.3 is 0 Å². The molecule has 0 bridgehead atoms. The second-order valence-corrected chi connectivity index (χ2v) is 23.0. The van der Waals surface area contributed by atoms with E-state index >= 15 is 0 Å². The van der Waals surface area contributed by atoms with Crippen LogP contribution in [0, 0.1) is 6.92 Å². The van der Waals surface area contributed by atoms with E-state index in [1.54, 1.807) is 0 Å². The van der Waals surface area contributed by atoms with Crippen molar-refractivity contribution in [3.05, 3.63) is 253 Å². The second kappa shape index (κ2) is 16.9. The first-order valence-electron chi connectivity index (χ1n) is 24.5. The number of anilines is 6. The highest BCUT2D eigenvalue weighted by atomic mass is 32.3. The highest BCUT2D eigenvalue weighted by molar-refractivity contribution is 8.33. The Morgan fingerprint density at radius 1 is 0.366 bits per heavy atom. The summed E-state index contributed by atoms with van der Waals surface area (Å²) in [4.78, 5) is 7.97. The Balaban J connectivity index is 1.22. The Kier molecular flexibility index (Phi) is 10.2. The number of fused-ring (bicyclic) bond motifs is 8. The molecule has 0 aromatic heterocycles. The lowest BCUT2D eigenvalue weighted by Gasteiger charge is -2.35. The van der Waals surface area contributed by atoms with Gasteiger partial charge in [-0.25, -0.2) is 0 Å². The van der Waals surface area contributed by atoms with E-state index in [0.717, 1.165) is 28.4 Å². The van der Waals surface area contributed by atoms with Crippen molar-refractivity contribution in [2.45, 2.75) is 23.6 Å². The van der Waals surface area contributed by atoms with Gasteiger partial charge in [0.1, 0.15) is 0 Å². The average Bonchev–Trinajstić information content (AvgIpc) is 3.64. The smallest absolute Gasteiger partial charge is 0.0617 e. The van der Waals surface area contributed by atoms with E-state index in [9.17, 15) is 0 Å². The SMILES string of the molecule is CC(=Cc1c(C)c(N(c2ccc3ccccc3c2)c2ccc3ccccc3c2)c2cc3c(cc2c1N(c1ccc2ccccc2c1)c1ccc2ccccc2c1)S(C)(C)c1ccccc1-3)c1ccccc1. The molecular formula is C68H52N2S. The Labute approximate surface area is 417 Å². The molecule has 13 rings (SSSR count). The summed E-state index contributed by atoms with van der Waals surface area (Å²) in [7, 11) is -1.41. The molecule has 12 aromatic carbocycles. The number of benzene rings is 12. The molecule has 0 saturated heterocycles. The lowest BCUT2D eigenvalue weighted by atomic mass is 9.89. The third kappa shape index (κ3) is 7.19.